The summed E-state index contributed by atoms with van der Waals surface area (Å²) in [6.45, 7) is 2.15. The molecule has 0 saturated carbocycles. The number of piperidine rings is 1. The normalized spacial score (nSPS) is 17.5. The third-order valence-electron chi connectivity index (χ3n) is 4.08. The third kappa shape index (κ3) is 4.83. The summed E-state index contributed by atoms with van der Waals surface area (Å²) >= 11 is 1.13. The summed E-state index contributed by atoms with van der Waals surface area (Å²) in [5.74, 6) is -0.269. The van der Waals surface area contributed by atoms with E-state index in [4.69, 9.17) is 0 Å². The molecular formula is C15H22ClN5O3S2. The zero-order valence-electron chi connectivity index (χ0n) is 14.3. The molecule has 26 heavy (non-hydrogen) atoms. The lowest BCUT2D eigenvalue weighted by Crippen LogP contribution is -2.32. The van der Waals surface area contributed by atoms with Crippen LogP contribution >= 0.6 is 23.7 Å². The van der Waals surface area contributed by atoms with Crippen molar-refractivity contribution in [3.8, 4) is 0 Å². The van der Waals surface area contributed by atoms with Crippen molar-refractivity contribution in [2.75, 3.05) is 20.1 Å². The van der Waals surface area contributed by atoms with Gasteiger partial charge in [0.05, 0.1) is 12.6 Å². The Morgan fingerprint density at radius 1 is 1.42 bits per heavy atom. The van der Waals surface area contributed by atoms with Gasteiger partial charge >= 0.3 is 0 Å². The van der Waals surface area contributed by atoms with Crippen molar-refractivity contribution in [3.63, 3.8) is 0 Å². The van der Waals surface area contributed by atoms with Gasteiger partial charge in [-0.2, -0.15) is 5.10 Å². The summed E-state index contributed by atoms with van der Waals surface area (Å²) in [5.41, 5.74) is 0.366. The van der Waals surface area contributed by atoms with Crippen LogP contribution in [0.1, 0.15) is 34.2 Å². The summed E-state index contributed by atoms with van der Waals surface area (Å²) in [4.78, 5) is 13.0. The highest BCUT2D eigenvalue weighted by Gasteiger charge is 2.18. The van der Waals surface area contributed by atoms with Crippen molar-refractivity contribution in [1.82, 2.24) is 25.1 Å². The van der Waals surface area contributed by atoms with E-state index in [0.29, 0.717) is 5.69 Å². The minimum atomic E-state index is -3.44. The molecule has 1 amide bonds. The largest absolute Gasteiger partial charge is 0.346 e. The molecule has 1 aliphatic rings. The second-order valence-electron chi connectivity index (χ2n) is 5.79. The van der Waals surface area contributed by atoms with E-state index in [-0.39, 0.29) is 35.1 Å². The number of hydrogen-bond acceptors (Lipinski definition) is 6. The second kappa shape index (κ2) is 8.96. The number of thiophene rings is 1. The van der Waals surface area contributed by atoms with Crippen LogP contribution in [0.25, 0.3) is 0 Å². The molecule has 1 aliphatic heterocycles. The minimum Gasteiger partial charge on any atom is -0.346 e. The van der Waals surface area contributed by atoms with Gasteiger partial charge in [0.25, 0.3) is 5.91 Å². The van der Waals surface area contributed by atoms with Crippen LogP contribution < -0.4 is 15.4 Å². The molecule has 8 nitrogen and oxygen atoms in total. The maximum absolute atomic E-state index is 12.2. The molecule has 2 aromatic heterocycles. The number of sulfonamides is 1. The summed E-state index contributed by atoms with van der Waals surface area (Å²) in [5, 5.41) is 10.5. The van der Waals surface area contributed by atoms with E-state index in [1.165, 1.54) is 13.1 Å². The SMILES string of the molecule is CNS(=O)(=O)c1ccc(CNC(=O)c2ccn(C3CCCNC3)n2)s1.Cl. The Hall–Kier alpha value is -1.46. The van der Waals surface area contributed by atoms with Gasteiger partial charge in [0.15, 0.2) is 0 Å². The highest BCUT2D eigenvalue weighted by atomic mass is 35.5. The van der Waals surface area contributed by atoms with E-state index in [9.17, 15) is 13.2 Å². The first-order valence-electron chi connectivity index (χ1n) is 8.06. The van der Waals surface area contributed by atoms with Crippen LogP contribution in [0.15, 0.2) is 28.6 Å². The lowest BCUT2D eigenvalue weighted by atomic mass is 10.1. The maximum atomic E-state index is 12.2. The number of amides is 1. The summed E-state index contributed by atoms with van der Waals surface area (Å²) in [6, 6.07) is 5.21. The van der Waals surface area contributed by atoms with E-state index in [2.05, 4.69) is 20.5 Å². The van der Waals surface area contributed by atoms with E-state index in [1.807, 2.05) is 10.9 Å². The fourth-order valence-electron chi connectivity index (χ4n) is 2.68. The van der Waals surface area contributed by atoms with Crippen molar-refractivity contribution < 1.29 is 13.2 Å². The molecule has 0 spiro atoms. The Morgan fingerprint density at radius 2 is 2.23 bits per heavy atom. The Balaban J connectivity index is 0.00000243. The smallest absolute Gasteiger partial charge is 0.272 e. The lowest BCUT2D eigenvalue weighted by molar-refractivity contribution is 0.0945. The number of rotatable bonds is 6. The van der Waals surface area contributed by atoms with Crippen LogP contribution in [0.4, 0.5) is 0 Å². The summed E-state index contributed by atoms with van der Waals surface area (Å²) in [7, 11) is -2.07. The monoisotopic (exact) mass is 419 g/mol. The molecule has 144 valence electrons. The first kappa shape index (κ1) is 20.8. The van der Waals surface area contributed by atoms with Crippen molar-refractivity contribution in [2.45, 2.75) is 29.6 Å². The summed E-state index contributed by atoms with van der Waals surface area (Å²) in [6.07, 6.45) is 3.98. The zero-order chi connectivity index (χ0) is 17.9. The van der Waals surface area contributed by atoms with Crippen LogP contribution in [0.5, 0.6) is 0 Å². The van der Waals surface area contributed by atoms with Crippen LogP contribution in [0, 0.1) is 0 Å². The van der Waals surface area contributed by atoms with E-state index in [0.717, 1.165) is 42.1 Å². The number of carbonyl (C=O) groups is 1. The molecule has 0 bridgehead atoms. The van der Waals surface area contributed by atoms with Crippen molar-refractivity contribution in [1.29, 1.82) is 0 Å². The quantitative estimate of drug-likeness (QED) is 0.650. The molecule has 1 fully saturated rings. The number of nitrogens with zero attached hydrogens (tertiary/aromatic N) is 2. The van der Waals surface area contributed by atoms with Crippen molar-refractivity contribution >= 4 is 39.7 Å². The number of nitrogens with one attached hydrogen (secondary N) is 3. The topological polar surface area (TPSA) is 105 Å². The predicted molar refractivity (Wildman–Crippen MR) is 102 cm³/mol. The first-order valence-corrected chi connectivity index (χ1v) is 10.4. The third-order valence-corrected chi connectivity index (χ3v) is 7.07. The molecule has 11 heteroatoms. The highest BCUT2D eigenvalue weighted by molar-refractivity contribution is 7.91. The molecule has 3 N–H and O–H groups in total. The van der Waals surface area contributed by atoms with Gasteiger partial charge < -0.3 is 10.6 Å². The van der Waals surface area contributed by atoms with Crippen molar-refractivity contribution in [3.05, 3.63) is 35.0 Å². The van der Waals surface area contributed by atoms with Gasteiger partial charge in [-0.1, -0.05) is 0 Å². The Bertz CT molecular complexity index is 843. The van der Waals surface area contributed by atoms with Gasteiger partial charge in [0, 0.05) is 17.6 Å². The average Bonchev–Trinajstić information content (AvgIpc) is 3.30. The molecule has 0 radical (unpaired) electrons. The second-order valence-corrected chi connectivity index (χ2v) is 9.07. The molecule has 3 heterocycles. The number of carbonyl (C=O) groups excluding carboxylic acids is 1. The number of hydrogen-bond donors (Lipinski definition) is 3. The highest BCUT2D eigenvalue weighted by Crippen LogP contribution is 2.21. The van der Waals surface area contributed by atoms with Gasteiger partial charge in [0.1, 0.15) is 9.90 Å². The Morgan fingerprint density at radius 3 is 2.92 bits per heavy atom. The number of halogens is 1. The standard InChI is InChI=1S/C15H21N5O3S2.ClH/c1-16-25(22,23)14-5-4-12(24-14)10-18-15(21)13-6-8-20(19-13)11-3-2-7-17-9-11;/h4-6,8,11,16-17H,2-3,7,9-10H2,1H3,(H,18,21);1H. The van der Waals surface area contributed by atoms with E-state index in [1.54, 1.807) is 12.1 Å². The van der Waals surface area contributed by atoms with Gasteiger partial charge in [-0.3, -0.25) is 9.48 Å². The zero-order valence-corrected chi connectivity index (χ0v) is 16.7. The molecule has 1 atom stereocenters. The molecule has 0 aliphatic carbocycles. The molecule has 2 aromatic rings. The van der Waals surface area contributed by atoms with Crippen LogP contribution in [-0.2, 0) is 16.6 Å². The van der Waals surface area contributed by atoms with E-state index >= 15 is 0 Å². The van der Waals surface area contributed by atoms with Gasteiger partial charge in [-0.25, -0.2) is 13.1 Å². The fourth-order valence-corrected chi connectivity index (χ4v) is 4.81. The molecule has 3 rings (SSSR count). The summed E-state index contributed by atoms with van der Waals surface area (Å²) < 4.78 is 27.8. The van der Waals surface area contributed by atoms with Crippen LogP contribution in [0.3, 0.4) is 0 Å². The van der Waals surface area contributed by atoms with Crippen LogP contribution in [-0.4, -0.2) is 44.2 Å². The fraction of sp³-hybridized carbons (Fsp3) is 0.467. The van der Waals surface area contributed by atoms with Gasteiger partial charge in [-0.15, -0.1) is 23.7 Å². The Labute approximate surface area is 162 Å². The van der Waals surface area contributed by atoms with Gasteiger partial charge in [0.2, 0.25) is 10.0 Å². The molecule has 1 saturated heterocycles. The minimum absolute atomic E-state index is 0. The first-order chi connectivity index (χ1) is 12.0. The lowest BCUT2D eigenvalue weighted by Gasteiger charge is -2.22. The van der Waals surface area contributed by atoms with Crippen molar-refractivity contribution in [2.24, 2.45) is 0 Å². The molecule has 1 unspecified atom stereocenters. The molecule has 0 aromatic carbocycles. The van der Waals surface area contributed by atoms with Crippen LogP contribution in [0.2, 0.25) is 0 Å². The average molecular weight is 420 g/mol. The Kier molecular flexibility index (Phi) is 7.18. The number of aromatic nitrogens is 2. The van der Waals surface area contributed by atoms with E-state index < -0.39 is 10.0 Å². The molecular weight excluding hydrogens is 398 g/mol. The predicted octanol–water partition coefficient (Wildman–Crippen LogP) is 1.13. The van der Waals surface area contributed by atoms with Gasteiger partial charge in [-0.05, 0) is 44.6 Å². The maximum Gasteiger partial charge on any atom is 0.272 e.